The minimum atomic E-state index is -0.700. The molecular formula is C29H34FN5O2S. The molecule has 1 aromatic carbocycles. The summed E-state index contributed by atoms with van der Waals surface area (Å²) in [6.07, 6.45) is 7.65. The van der Waals surface area contributed by atoms with Crippen LogP contribution in [-0.4, -0.2) is 51.5 Å². The van der Waals surface area contributed by atoms with E-state index in [4.69, 9.17) is 4.74 Å². The van der Waals surface area contributed by atoms with Crippen LogP contribution >= 0.6 is 11.3 Å². The molecule has 0 amide bonds. The van der Waals surface area contributed by atoms with Crippen LogP contribution in [0.3, 0.4) is 0 Å². The number of aromatic nitrogens is 3. The van der Waals surface area contributed by atoms with Crippen molar-refractivity contribution in [2.24, 2.45) is 0 Å². The van der Waals surface area contributed by atoms with Crippen LogP contribution in [0.25, 0.3) is 21.5 Å². The van der Waals surface area contributed by atoms with Gasteiger partial charge in [-0.3, -0.25) is 4.98 Å². The van der Waals surface area contributed by atoms with E-state index in [1.165, 1.54) is 0 Å². The van der Waals surface area contributed by atoms with Gasteiger partial charge >= 0.3 is 0 Å². The second kappa shape index (κ2) is 11.6. The lowest BCUT2D eigenvalue weighted by Gasteiger charge is -2.29. The van der Waals surface area contributed by atoms with Gasteiger partial charge in [-0.05, 0) is 56.0 Å². The van der Waals surface area contributed by atoms with Crippen molar-refractivity contribution in [1.82, 2.24) is 15.0 Å². The lowest BCUT2D eigenvalue weighted by Crippen LogP contribution is -2.36. The van der Waals surface area contributed by atoms with E-state index >= 15 is 0 Å². The molecule has 3 aromatic heterocycles. The fraction of sp³-hybridized carbons (Fsp3) is 0.414. The minimum absolute atomic E-state index is 0. The molecule has 9 heteroatoms. The van der Waals surface area contributed by atoms with Gasteiger partial charge in [0, 0.05) is 43.2 Å². The molecule has 0 spiro atoms. The summed E-state index contributed by atoms with van der Waals surface area (Å²) in [5.74, 6) is 2.28. The summed E-state index contributed by atoms with van der Waals surface area (Å²) in [4.78, 5) is 15.9. The maximum absolute atomic E-state index is 13.4. The third kappa shape index (κ3) is 5.89. The first-order valence-corrected chi connectivity index (χ1v) is 13.8. The van der Waals surface area contributed by atoms with E-state index in [1.807, 2.05) is 48.7 Å². The van der Waals surface area contributed by atoms with E-state index in [9.17, 15) is 9.50 Å². The van der Waals surface area contributed by atoms with Crippen LogP contribution in [0.4, 0.5) is 15.3 Å². The molecular weight excluding hydrogens is 501 g/mol. The van der Waals surface area contributed by atoms with Crippen molar-refractivity contribution in [2.75, 3.05) is 23.3 Å². The van der Waals surface area contributed by atoms with Crippen LogP contribution in [0.1, 0.15) is 46.0 Å². The highest BCUT2D eigenvalue weighted by molar-refractivity contribution is 7.22. The number of halogens is 1. The van der Waals surface area contributed by atoms with Crippen molar-refractivity contribution in [3.8, 4) is 22.8 Å². The Balaban J connectivity index is 0.00000294. The average molecular weight is 536 g/mol. The Morgan fingerprint density at radius 2 is 1.79 bits per heavy atom. The molecule has 4 aromatic rings. The van der Waals surface area contributed by atoms with Crippen LogP contribution in [0.15, 0.2) is 54.9 Å². The van der Waals surface area contributed by atoms with Crippen LogP contribution in [0.2, 0.25) is 0 Å². The fourth-order valence-electron chi connectivity index (χ4n) is 5.04. The number of benzene rings is 1. The van der Waals surface area contributed by atoms with Gasteiger partial charge in [-0.15, -0.1) is 0 Å². The quantitative estimate of drug-likeness (QED) is 0.280. The molecule has 7 nitrogen and oxygen atoms in total. The van der Waals surface area contributed by atoms with Crippen LogP contribution in [0, 0.1) is 0 Å². The molecule has 0 radical (unpaired) electrons. The van der Waals surface area contributed by atoms with E-state index in [1.54, 1.807) is 17.5 Å². The highest BCUT2D eigenvalue weighted by Gasteiger charge is 2.24. The Morgan fingerprint density at radius 1 is 0.974 bits per heavy atom. The van der Waals surface area contributed by atoms with Gasteiger partial charge in [0.25, 0.3) is 0 Å². The summed E-state index contributed by atoms with van der Waals surface area (Å²) in [7, 11) is 0. The molecule has 2 N–H and O–H groups in total. The normalized spacial score (nSPS) is 20.2. The lowest BCUT2D eigenvalue weighted by molar-refractivity contribution is 0.116. The Labute approximate surface area is 226 Å². The molecule has 1 aliphatic heterocycles. The molecule has 6 rings (SSSR count). The number of ether oxygens (including phenoxy) is 1. The summed E-state index contributed by atoms with van der Waals surface area (Å²) in [6, 6.07) is 13.6. The summed E-state index contributed by atoms with van der Waals surface area (Å²) >= 11 is 1.57. The molecule has 38 heavy (non-hydrogen) atoms. The highest BCUT2D eigenvalue weighted by atomic mass is 32.1. The number of hydrogen-bond acceptors (Lipinski definition) is 8. The number of rotatable bonds is 6. The molecule has 200 valence electrons. The number of fused-ring (bicyclic) bond motifs is 1. The third-order valence-corrected chi connectivity index (χ3v) is 8.11. The number of hydrogen-bond donors (Lipinski definition) is 2. The second-order valence-electron chi connectivity index (χ2n) is 9.80. The van der Waals surface area contributed by atoms with Crippen LogP contribution in [-0.2, 0) is 0 Å². The Bertz CT molecular complexity index is 1360. The predicted octanol–water partition coefficient (Wildman–Crippen LogP) is 6.84. The number of aliphatic hydroxyl groups excluding tert-OH is 1. The van der Waals surface area contributed by atoms with Gasteiger partial charge in [0.05, 0.1) is 28.1 Å². The topological polar surface area (TPSA) is 83.4 Å². The number of thiazole rings is 1. The largest absolute Gasteiger partial charge is 0.457 e. The lowest BCUT2D eigenvalue weighted by atomic mass is 9.93. The van der Waals surface area contributed by atoms with Crippen LogP contribution < -0.4 is 15.0 Å². The monoisotopic (exact) mass is 535 g/mol. The summed E-state index contributed by atoms with van der Waals surface area (Å²) in [5.41, 5.74) is 2.57. The summed E-state index contributed by atoms with van der Waals surface area (Å²) in [5, 5.41) is 14.5. The molecule has 2 fully saturated rings. The number of aliphatic hydroxyl groups is 1. The number of anilines is 2. The molecule has 0 bridgehead atoms. The smallest absolute Gasteiger partial charge is 0.184 e. The van der Waals surface area contributed by atoms with Gasteiger partial charge in [-0.2, -0.15) is 0 Å². The highest BCUT2D eigenvalue weighted by Crippen LogP contribution is 2.33. The number of piperidine rings is 1. The second-order valence-corrected chi connectivity index (χ2v) is 10.8. The minimum Gasteiger partial charge on any atom is -0.457 e. The molecule has 2 atom stereocenters. The van der Waals surface area contributed by atoms with E-state index < -0.39 is 6.17 Å². The Kier molecular flexibility index (Phi) is 8.04. The van der Waals surface area contributed by atoms with Gasteiger partial charge in [0.15, 0.2) is 5.13 Å². The van der Waals surface area contributed by atoms with Gasteiger partial charge in [-0.25, -0.2) is 14.4 Å². The average Bonchev–Trinajstić information content (AvgIpc) is 3.32. The third-order valence-electron chi connectivity index (χ3n) is 7.16. The molecule has 1 saturated carbocycles. The Hall–Kier alpha value is -3.30. The van der Waals surface area contributed by atoms with E-state index in [-0.39, 0.29) is 19.6 Å². The first kappa shape index (κ1) is 26.3. The van der Waals surface area contributed by atoms with Crippen molar-refractivity contribution in [3.63, 3.8) is 0 Å². The number of pyridine rings is 2. The maximum Gasteiger partial charge on any atom is 0.184 e. The first-order chi connectivity index (χ1) is 18.1. The number of nitrogens with zero attached hydrogens (tertiary/aromatic N) is 4. The SMILES string of the molecule is C.O[C@@H]1CCCC[C@H]1Nc1nc2ccc(Oc3ccnc(-c4ccc(N5CCC(F)CC5)nc4)c3)cc2s1. The maximum atomic E-state index is 13.4. The summed E-state index contributed by atoms with van der Waals surface area (Å²) < 4.78 is 20.6. The van der Waals surface area contributed by atoms with Crippen molar-refractivity contribution >= 4 is 32.5 Å². The van der Waals surface area contributed by atoms with Crippen molar-refractivity contribution in [3.05, 3.63) is 54.9 Å². The van der Waals surface area contributed by atoms with E-state index in [2.05, 4.69) is 25.2 Å². The van der Waals surface area contributed by atoms with Crippen molar-refractivity contribution in [2.45, 2.75) is 64.3 Å². The zero-order valence-corrected chi connectivity index (χ0v) is 21.3. The van der Waals surface area contributed by atoms with Crippen molar-refractivity contribution < 1.29 is 14.2 Å². The van der Waals surface area contributed by atoms with Gasteiger partial charge in [0.2, 0.25) is 0 Å². The number of nitrogens with one attached hydrogen (secondary N) is 1. The van der Waals surface area contributed by atoms with E-state index in [0.29, 0.717) is 31.7 Å². The van der Waals surface area contributed by atoms with Gasteiger partial charge < -0.3 is 20.1 Å². The zero-order chi connectivity index (χ0) is 25.2. The molecule has 4 heterocycles. The predicted molar refractivity (Wildman–Crippen MR) is 152 cm³/mol. The molecule has 1 saturated heterocycles. The van der Waals surface area contributed by atoms with Gasteiger partial charge in [-0.1, -0.05) is 31.6 Å². The zero-order valence-electron chi connectivity index (χ0n) is 20.5. The fourth-order valence-corrected chi connectivity index (χ4v) is 5.99. The van der Waals surface area contributed by atoms with E-state index in [0.717, 1.165) is 63.9 Å². The molecule has 1 aliphatic carbocycles. The van der Waals surface area contributed by atoms with Gasteiger partial charge in [0.1, 0.15) is 23.5 Å². The number of alkyl halides is 1. The standard InChI is InChI=1S/C28H30FN5O2S.CH4/c29-19-10-13-34(14-11-19)27-8-5-18(17-31-27)24-15-21(9-12-30-24)36-20-6-7-23-26(16-20)37-28(33-23)32-22-3-1-2-4-25(22)35;/h5-9,12,15-17,19,22,25,35H,1-4,10-11,13-14H2,(H,32,33);1H4/t22-,25-;/m1./s1. The Morgan fingerprint density at radius 3 is 2.58 bits per heavy atom. The van der Waals surface area contributed by atoms with Crippen molar-refractivity contribution in [1.29, 1.82) is 0 Å². The first-order valence-electron chi connectivity index (χ1n) is 13.0. The summed E-state index contributed by atoms with van der Waals surface area (Å²) in [6.45, 7) is 1.39. The molecule has 0 unspecified atom stereocenters. The molecule has 2 aliphatic rings. The van der Waals surface area contributed by atoms with Crippen LogP contribution in [0.5, 0.6) is 11.5 Å².